The topological polar surface area (TPSA) is 71.4 Å². The van der Waals surface area contributed by atoms with Gasteiger partial charge in [0.2, 0.25) is 0 Å². The van der Waals surface area contributed by atoms with Crippen LogP contribution >= 0.6 is 0 Å². The summed E-state index contributed by atoms with van der Waals surface area (Å²) < 4.78 is 15.2. The van der Waals surface area contributed by atoms with Gasteiger partial charge in [-0.05, 0) is 44.0 Å². The van der Waals surface area contributed by atoms with E-state index in [2.05, 4.69) is 11.9 Å². The van der Waals surface area contributed by atoms with E-state index in [4.69, 9.17) is 0 Å². The molecule has 0 aliphatic carbocycles. The maximum absolute atomic E-state index is 13.3. The van der Waals surface area contributed by atoms with Crippen molar-refractivity contribution in [2.45, 2.75) is 39.3 Å². The summed E-state index contributed by atoms with van der Waals surface area (Å²) in [6.07, 6.45) is 2.02. The maximum Gasteiger partial charge on any atom is 0.325 e. The molecule has 1 fully saturated rings. The van der Waals surface area contributed by atoms with Crippen molar-refractivity contribution in [3.8, 4) is 0 Å². The third-order valence-electron chi connectivity index (χ3n) is 5.53. The third kappa shape index (κ3) is 3.37. The molecule has 0 saturated carbocycles. The highest BCUT2D eigenvalue weighted by molar-refractivity contribution is 6.11. The summed E-state index contributed by atoms with van der Waals surface area (Å²) >= 11 is 0. The molecule has 2 aromatic rings. The first-order valence-electron chi connectivity index (χ1n) is 9.46. The van der Waals surface area contributed by atoms with Crippen LogP contribution in [0.1, 0.15) is 40.7 Å². The van der Waals surface area contributed by atoms with Gasteiger partial charge in [0.15, 0.2) is 5.78 Å². The predicted octanol–water partition coefficient (Wildman–Crippen LogP) is 3.47. The zero-order valence-electron chi connectivity index (χ0n) is 16.8. The van der Waals surface area contributed by atoms with Crippen LogP contribution < -0.4 is 5.32 Å². The number of Topliss-reactive ketones (excluding diaryl/α,β-unsaturated/α-hetero) is 1. The summed E-state index contributed by atoms with van der Waals surface area (Å²) in [5, 5.41) is 2.71. The number of benzene rings is 1. The molecule has 3 rings (SSSR count). The SMILES string of the molecule is C=CCn1c(C)cc(C(=O)CN2C(=O)N[C@@](CC)(c3ccc(F)cc3)C2=O)c1C. The van der Waals surface area contributed by atoms with Crippen LogP contribution in [0.2, 0.25) is 0 Å². The molecule has 0 bridgehead atoms. The van der Waals surface area contributed by atoms with E-state index in [1.165, 1.54) is 24.3 Å². The minimum atomic E-state index is -1.30. The molecule has 0 radical (unpaired) electrons. The largest absolute Gasteiger partial charge is 0.345 e. The Balaban J connectivity index is 1.89. The number of imide groups is 1. The number of aryl methyl sites for hydroxylation is 1. The van der Waals surface area contributed by atoms with Gasteiger partial charge in [-0.1, -0.05) is 25.1 Å². The van der Waals surface area contributed by atoms with Gasteiger partial charge in [-0.15, -0.1) is 6.58 Å². The van der Waals surface area contributed by atoms with Gasteiger partial charge in [-0.25, -0.2) is 9.18 Å². The number of allylic oxidation sites excluding steroid dienone is 1. The Labute approximate surface area is 169 Å². The number of amides is 3. The van der Waals surface area contributed by atoms with Crippen LogP contribution in [0, 0.1) is 19.7 Å². The van der Waals surface area contributed by atoms with Gasteiger partial charge in [0, 0.05) is 23.5 Å². The highest BCUT2D eigenvalue weighted by Crippen LogP contribution is 2.32. The number of hydrogen-bond acceptors (Lipinski definition) is 3. The summed E-state index contributed by atoms with van der Waals surface area (Å²) in [5.74, 6) is -1.26. The molecule has 3 amide bonds. The summed E-state index contributed by atoms with van der Waals surface area (Å²) in [7, 11) is 0. The molecular weight excluding hydrogens is 373 g/mol. The van der Waals surface area contributed by atoms with Gasteiger partial charge < -0.3 is 9.88 Å². The first kappa shape index (κ1) is 20.5. The molecule has 7 heteroatoms. The van der Waals surface area contributed by atoms with Crippen LogP contribution in [0.3, 0.4) is 0 Å². The van der Waals surface area contributed by atoms with Crippen molar-refractivity contribution >= 4 is 17.7 Å². The lowest BCUT2D eigenvalue weighted by molar-refractivity contribution is -0.131. The number of rotatable bonds is 7. The Bertz CT molecular complexity index is 993. The van der Waals surface area contributed by atoms with E-state index in [0.717, 1.165) is 16.3 Å². The summed E-state index contributed by atoms with van der Waals surface area (Å²) in [6.45, 7) is 9.40. The molecular formula is C22H24FN3O3. The Morgan fingerprint density at radius 2 is 1.90 bits per heavy atom. The average molecular weight is 397 g/mol. The predicted molar refractivity (Wildman–Crippen MR) is 107 cm³/mol. The van der Waals surface area contributed by atoms with Crippen molar-refractivity contribution < 1.29 is 18.8 Å². The number of urea groups is 1. The van der Waals surface area contributed by atoms with Crippen LogP contribution in [0.5, 0.6) is 0 Å². The molecule has 0 spiro atoms. The standard InChI is InChI=1S/C22H24FN3O3/c1-5-11-25-14(3)12-18(15(25)4)19(27)13-26-20(28)22(6-2,24-21(26)29)16-7-9-17(23)10-8-16/h5,7-10,12H,1,6,11,13H2,2-4H3,(H,24,29)/t22-/m0/s1. The Kier molecular flexibility index (Phi) is 5.42. The molecule has 1 saturated heterocycles. The smallest absolute Gasteiger partial charge is 0.325 e. The zero-order chi connectivity index (χ0) is 21.3. The molecule has 1 aromatic carbocycles. The number of carbonyl (C=O) groups excluding carboxylic acids is 3. The monoisotopic (exact) mass is 397 g/mol. The summed E-state index contributed by atoms with van der Waals surface area (Å²) in [4.78, 5) is 39.6. The minimum Gasteiger partial charge on any atom is -0.345 e. The normalized spacial score (nSPS) is 18.8. The van der Waals surface area contributed by atoms with E-state index in [0.29, 0.717) is 17.7 Å². The van der Waals surface area contributed by atoms with E-state index < -0.39 is 23.3 Å². The van der Waals surface area contributed by atoms with Crippen LogP contribution in [0.15, 0.2) is 43.0 Å². The van der Waals surface area contributed by atoms with Crippen LogP contribution in [-0.4, -0.2) is 33.7 Å². The van der Waals surface area contributed by atoms with E-state index in [1.807, 2.05) is 18.4 Å². The lowest BCUT2D eigenvalue weighted by Crippen LogP contribution is -2.43. The van der Waals surface area contributed by atoms with Crippen molar-refractivity contribution in [1.29, 1.82) is 0 Å². The molecule has 1 atom stereocenters. The van der Waals surface area contributed by atoms with Crippen molar-refractivity contribution in [3.63, 3.8) is 0 Å². The third-order valence-corrected chi connectivity index (χ3v) is 5.53. The number of aromatic nitrogens is 1. The number of carbonyl (C=O) groups is 3. The molecule has 152 valence electrons. The lowest BCUT2D eigenvalue weighted by atomic mass is 9.87. The first-order valence-corrected chi connectivity index (χ1v) is 9.46. The quantitative estimate of drug-likeness (QED) is 0.442. The highest BCUT2D eigenvalue weighted by atomic mass is 19.1. The Morgan fingerprint density at radius 1 is 1.24 bits per heavy atom. The van der Waals surface area contributed by atoms with Gasteiger partial charge in [0.1, 0.15) is 11.4 Å². The van der Waals surface area contributed by atoms with Gasteiger partial charge in [-0.3, -0.25) is 14.5 Å². The molecule has 29 heavy (non-hydrogen) atoms. The van der Waals surface area contributed by atoms with Crippen LogP contribution in [0.4, 0.5) is 9.18 Å². The Hall–Kier alpha value is -3.22. The average Bonchev–Trinajstić information content (AvgIpc) is 3.11. The van der Waals surface area contributed by atoms with Gasteiger partial charge in [0.05, 0.1) is 6.54 Å². The number of nitrogens with zero attached hydrogens (tertiary/aromatic N) is 2. The van der Waals surface area contributed by atoms with E-state index in [1.54, 1.807) is 19.1 Å². The fourth-order valence-corrected chi connectivity index (χ4v) is 3.87. The molecule has 1 aliphatic heterocycles. The van der Waals surface area contributed by atoms with Crippen LogP contribution in [0.25, 0.3) is 0 Å². The molecule has 0 unspecified atom stereocenters. The Morgan fingerprint density at radius 3 is 2.48 bits per heavy atom. The van der Waals surface area contributed by atoms with Gasteiger partial charge >= 0.3 is 6.03 Å². The molecule has 2 heterocycles. The fourth-order valence-electron chi connectivity index (χ4n) is 3.87. The van der Waals surface area contributed by atoms with Gasteiger partial charge in [0.25, 0.3) is 5.91 Å². The second-order valence-corrected chi connectivity index (χ2v) is 7.19. The second kappa shape index (κ2) is 7.66. The van der Waals surface area contributed by atoms with Crippen molar-refractivity contribution in [2.24, 2.45) is 0 Å². The number of nitrogens with one attached hydrogen (secondary N) is 1. The fraction of sp³-hybridized carbons (Fsp3) is 0.318. The molecule has 1 aromatic heterocycles. The number of ketones is 1. The van der Waals surface area contributed by atoms with Crippen molar-refractivity contribution in [1.82, 2.24) is 14.8 Å². The first-order chi connectivity index (χ1) is 13.7. The van der Waals surface area contributed by atoms with E-state index >= 15 is 0 Å². The molecule has 6 nitrogen and oxygen atoms in total. The van der Waals surface area contributed by atoms with E-state index in [9.17, 15) is 18.8 Å². The second-order valence-electron chi connectivity index (χ2n) is 7.19. The van der Waals surface area contributed by atoms with Crippen molar-refractivity contribution in [3.05, 3.63) is 71.3 Å². The molecule has 1 N–H and O–H groups in total. The molecule has 1 aliphatic rings. The van der Waals surface area contributed by atoms with E-state index in [-0.39, 0.29) is 18.7 Å². The number of hydrogen-bond donors (Lipinski definition) is 1. The zero-order valence-corrected chi connectivity index (χ0v) is 16.8. The highest BCUT2D eigenvalue weighted by Gasteiger charge is 2.51. The van der Waals surface area contributed by atoms with Gasteiger partial charge in [-0.2, -0.15) is 0 Å². The summed E-state index contributed by atoms with van der Waals surface area (Å²) in [5.41, 5.74) is 1.32. The lowest BCUT2D eigenvalue weighted by Gasteiger charge is -2.25. The van der Waals surface area contributed by atoms with Crippen LogP contribution in [-0.2, 0) is 16.9 Å². The maximum atomic E-state index is 13.3. The minimum absolute atomic E-state index is 0.280. The van der Waals surface area contributed by atoms with Crippen molar-refractivity contribution in [2.75, 3.05) is 6.54 Å². The summed E-state index contributed by atoms with van der Waals surface area (Å²) in [6, 6.07) is 6.57. The number of halogens is 1.